The first-order chi connectivity index (χ1) is 12.8. The summed E-state index contributed by atoms with van der Waals surface area (Å²) in [5, 5.41) is 6.17. The molecule has 1 amide bonds. The van der Waals surface area contributed by atoms with Gasteiger partial charge in [0.15, 0.2) is 5.82 Å². The number of nitrogens with one attached hydrogen (secondary N) is 2. The fourth-order valence-electron chi connectivity index (χ4n) is 2.18. The maximum Gasteiger partial charge on any atom is 0.439 e. The first-order valence-electron chi connectivity index (χ1n) is 7.43. The van der Waals surface area contributed by atoms with Gasteiger partial charge in [-0.25, -0.2) is 13.2 Å². The number of likely N-dealkylation sites (N-methyl/N-ethyl adjacent to an activating group) is 1. The molecule has 2 N–H and O–H groups in total. The summed E-state index contributed by atoms with van der Waals surface area (Å²) < 4.78 is 30.6. The van der Waals surface area contributed by atoms with Crippen LogP contribution in [0.5, 0.6) is 0 Å². The first-order valence-corrected chi connectivity index (χ1v) is 10.1. The zero-order chi connectivity index (χ0) is 19.6. The average Bonchev–Trinajstić information content (AvgIpc) is 3.23. The Balaban J connectivity index is 1.70. The molecule has 0 spiro atoms. The Morgan fingerprint density at radius 2 is 2.15 bits per heavy atom. The van der Waals surface area contributed by atoms with E-state index in [1.165, 1.54) is 19.2 Å². The molecule has 0 aliphatic carbocycles. The molecular weight excluding hydrogens is 416 g/mol. The number of rotatable bonds is 6. The number of thiophene rings is 1. The third-order valence-electron chi connectivity index (χ3n) is 3.44. The number of anilines is 1. The van der Waals surface area contributed by atoms with Crippen molar-refractivity contribution in [1.29, 1.82) is 0 Å². The quantitative estimate of drug-likeness (QED) is 0.618. The van der Waals surface area contributed by atoms with Gasteiger partial charge in [-0.05, 0) is 24.3 Å². The van der Waals surface area contributed by atoms with Crippen LogP contribution in [0.3, 0.4) is 0 Å². The highest BCUT2D eigenvalue weighted by molar-refractivity contribution is 7.91. The molecular formula is C15H13ClN4O5S2. The zero-order valence-electron chi connectivity index (χ0n) is 13.8. The van der Waals surface area contributed by atoms with Crippen molar-refractivity contribution in [3.05, 3.63) is 51.3 Å². The van der Waals surface area contributed by atoms with Crippen molar-refractivity contribution in [3.8, 4) is 11.4 Å². The molecule has 1 aromatic carbocycles. The van der Waals surface area contributed by atoms with Crippen LogP contribution in [0.2, 0.25) is 4.34 Å². The highest BCUT2D eigenvalue weighted by atomic mass is 35.5. The topological polar surface area (TPSA) is 125 Å². The summed E-state index contributed by atoms with van der Waals surface area (Å²) in [7, 11) is -2.50. The third kappa shape index (κ3) is 4.45. The maximum atomic E-state index is 12.4. The van der Waals surface area contributed by atoms with E-state index >= 15 is 0 Å². The van der Waals surface area contributed by atoms with Gasteiger partial charge in [0.2, 0.25) is 5.91 Å². The summed E-state index contributed by atoms with van der Waals surface area (Å²) in [6.45, 7) is -0.386. The van der Waals surface area contributed by atoms with Gasteiger partial charge < -0.3 is 5.32 Å². The van der Waals surface area contributed by atoms with Crippen LogP contribution in [0.4, 0.5) is 5.69 Å². The lowest BCUT2D eigenvalue weighted by atomic mass is 10.2. The molecule has 0 saturated heterocycles. The second-order valence-electron chi connectivity index (χ2n) is 5.39. The molecule has 0 atom stereocenters. The number of amides is 1. The van der Waals surface area contributed by atoms with Crippen molar-refractivity contribution in [2.24, 2.45) is 0 Å². The van der Waals surface area contributed by atoms with E-state index in [1.54, 1.807) is 24.3 Å². The summed E-state index contributed by atoms with van der Waals surface area (Å²) in [6, 6.07) is 9.37. The van der Waals surface area contributed by atoms with Crippen LogP contribution in [0.1, 0.15) is 0 Å². The lowest BCUT2D eigenvalue weighted by molar-refractivity contribution is -0.116. The van der Waals surface area contributed by atoms with Crippen LogP contribution in [-0.2, 0) is 14.8 Å². The van der Waals surface area contributed by atoms with Crippen LogP contribution in [0, 0.1) is 0 Å². The number of hydrogen-bond acceptors (Lipinski definition) is 7. The predicted octanol–water partition coefficient (Wildman–Crippen LogP) is 2.00. The molecule has 2 heterocycles. The molecule has 0 radical (unpaired) electrons. The average molecular weight is 429 g/mol. The summed E-state index contributed by atoms with van der Waals surface area (Å²) >= 11 is 6.69. The molecule has 12 heteroatoms. The number of halogens is 1. The SMILES string of the molecule is CN(CC(=O)Nc1cccc(-c2noc(=O)[nH]2)c1)S(=O)(=O)c1ccc(Cl)s1. The number of hydrogen-bond donors (Lipinski definition) is 2. The molecule has 0 aliphatic rings. The van der Waals surface area contributed by atoms with Gasteiger partial charge >= 0.3 is 5.76 Å². The zero-order valence-corrected chi connectivity index (χ0v) is 16.2. The van der Waals surface area contributed by atoms with Gasteiger partial charge in [-0.2, -0.15) is 4.31 Å². The summed E-state index contributed by atoms with van der Waals surface area (Å²) in [5.74, 6) is -1.01. The number of aromatic nitrogens is 2. The van der Waals surface area contributed by atoms with Crippen molar-refractivity contribution in [1.82, 2.24) is 14.4 Å². The van der Waals surface area contributed by atoms with Crippen molar-refractivity contribution in [2.45, 2.75) is 4.21 Å². The maximum absolute atomic E-state index is 12.4. The lowest BCUT2D eigenvalue weighted by Crippen LogP contribution is -2.34. The largest absolute Gasteiger partial charge is 0.439 e. The Morgan fingerprint density at radius 3 is 2.78 bits per heavy atom. The smallest absolute Gasteiger partial charge is 0.325 e. The van der Waals surface area contributed by atoms with Crippen LogP contribution >= 0.6 is 22.9 Å². The van der Waals surface area contributed by atoms with Gasteiger partial charge in [-0.1, -0.05) is 28.9 Å². The van der Waals surface area contributed by atoms with Gasteiger partial charge in [0, 0.05) is 18.3 Å². The van der Waals surface area contributed by atoms with Gasteiger partial charge in [-0.3, -0.25) is 14.3 Å². The number of nitrogens with zero attached hydrogens (tertiary/aromatic N) is 2. The van der Waals surface area contributed by atoms with Crippen LogP contribution < -0.4 is 11.1 Å². The highest BCUT2D eigenvalue weighted by Crippen LogP contribution is 2.27. The van der Waals surface area contributed by atoms with Crippen molar-refractivity contribution in [3.63, 3.8) is 0 Å². The van der Waals surface area contributed by atoms with E-state index in [0.717, 1.165) is 15.6 Å². The van der Waals surface area contributed by atoms with Crippen LogP contribution in [0.15, 0.2) is 49.9 Å². The molecule has 3 aromatic rings. The minimum atomic E-state index is -3.81. The molecule has 0 saturated carbocycles. The second-order valence-corrected chi connectivity index (χ2v) is 9.38. The van der Waals surface area contributed by atoms with Crippen molar-refractivity contribution >= 4 is 44.6 Å². The molecule has 3 rings (SSSR count). The second kappa shape index (κ2) is 7.64. The number of carbonyl (C=O) groups excluding carboxylic acids is 1. The van der Waals surface area contributed by atoms with E-state index in [9.17, 15) is 18.0 Å². The van der Waals surface area contributed by atoms with Gasteiger partial charge in [0.1, 0.15) is 4.21 Å². The molecule has 0 aliphatic heterocycles. The van der Waals surface area contributed by atoms with Crippen molar-refractivity contribution < 1.29 is 17.7 Å². The van der Waals surface area contributed by atoms with E-state index in [-0.39, 0.29) is 16.6 Å². The van der Waals surface area contributed by atoms with Crippen molar-refractivity contribution in [2.75, 3.05) is 18.9 Å². The monoisotopic (exact) mass is 428 g/mol. The van der Waals surface area contributed by atoms with Gasteiger partial charge in [0.05, 0.1) is 10.9 Å². The molecule has 9 nitrogen and oxygen atoms in total. The Bertz CT molecular complexity index is 1130. The van der Waals surface area contributed by atoms with Gasteiger partial charge in [0.25, 0.3) is 10.0 Å². The molecule has 142 valence electrons. The number of carbonyl (C=O) groups is 1. The first kappa shape index (κ1) is 19.3. The predicted molar refractivity (Wildman–Crippen MR) is 100 cm³/mol. The lowest BCUT2D eigenvalue weighted by Gasteiger charge is -2.15. The van der Waals surface area contributed by atoms with E-state index in [1.807, 2.05) is 0 Å². The number of benzene rings is 1. The fourth-order valence-corrected chi connectivity index (χ4v) is 5.00. The minimum Gasteiger partial charge on any atom is -0.325 e. The minimum absolute atomic E-state index is 0.0554. The molecule has 2 aromatic heterocycles. The fraction of sp³-hybridized carbons (Fsp3) is 0.133. The summed E-state index contributed by atoms with van der Waals surface area (Å²) in [6.07, 6.45) is 0. The highest BCUT2D eigenvalue weighted by Gasteiger charge is 2.24. The van der Waals surface area contributed by atoms with E-state index < -0.39 is 21.7 Å². The normalized spacial score (nSPS) is 11.7. The Kier molecular flexibility index (Phi) is 5.46. The number of sulfonamides is 1. The van der Waals surface area contributed by atoms with Gasteiger partial charge in [-0.15, -0.1) is 11.3 Å². The Hall–Kier alpha value is -2.47. The molecule has 0 unspecified atom stereocenters. The van der Waals surface area contributed by atoms with Crippen LogP contribution in [-0.4, -0.2) is 42.4 Å². The standard InChI is InChI=1S/C15H13ClN4O5S2/c1-20(27(23,24)13-6-5-11(16)26-13)8-12(21)17-10-4-2-3-9(7-10)14-18-15(22)25-19-14/h2-7H,8H2,1H3,(H,17,21)(H,18,19,22). The molecule has 27 heavy (non-hydrogen) atoms. The van der Waals surface area contributed by atoms with E-state index in [4.69, 9.17) is 11.6 Å². The Labute approximate surface area is 162 Å². The number of aromatic amines is 1. The van der Waals surface area contributed by atoms with E-state index in [0.29, 0.717) is 15.6 Å². The third-order valence-corrected chi connectivity index (χ3v) is 6.94. The van der Waals surface area contributed by atoms with E-state index in [2.05, 4.69) is 20.0 Å². The Morgan fingerprint density at radius 1 is 1.37 bits per heavy atom. The molecule has 0 bridgehead atoms. The number of H-pyrrole nitrogens is 1. The summed E-state index contributed by atoms with van der Waals surface area (Å²) in [4.78, 5) is 25.7. The molecule has 0 fully saturated rings. The van der Waals surface area contributed by atoms with Crippen LogP contribution in [0.25, 0.3) is 11.4 Å². The summed E-state index contributed by atoms with van der Waals surface area (Å²) in [5.41, 5.74) is 0.930.